The minimum absolute atomic E-state index is 0. The molecule has 1 amide bonds. The zero-order valence-corrected chi connectivity index (χ0v) is 15.4. The zero-order chi connectivity index (χ0) is 17.2. The summed E-state index contributed by atoms with van der Waals surface area (Å²) in [5, 5.41) is 2.44. The molecule has 0 aromatic heterocycles. The van der Waals surface area contributed by atoms with Crippen LogP contribution in [0.1, 0.15) is 12.0 Å². The quantitative estimate of drug-likeness (QED) is 0.725. The standard InChI is InChI=1S/C19H24N2O3.ClH/c1-20-19(22)24-18-11-6-8-16(14-18)15-21(2)12-7-13-23-17-9-4-3-5-10-17;/h3-6,8-11,14H,7,12-13,15H2,1-2H3,(H,20,22);1H. The van der Waals surface area contributed by atoms with Gasteiger partial charge in [0.05, 0.1) is 6.61 Å². The highest BCUT2D eigenvalue weighted by Crippen LogP contribution is 2.15. The highest BCUT2D eigenvalue weighted by atomic mass is 35.5. The van der Waals surface area contributed by atoms with Crippen LogP contribution in [0.5, 0.6) is 11.5 Å². The molecule has 0 spiro atoms. The largest absolute Gasteiger partial charge is 0.494 e. The minimum Gasteiger partial charge on any atom is -0.494 e. The van der Waals surface area contributed by atoms with Gasteiger partial charge in [-0.3, -0.25) is 0 Å². The number of nitrogens with zero attached hydrogens (tertiary/aromatic N) is 1. The number of nitrogens with one attached hydrogen (secondary N) is 1. The average molecular weight is 365 g/mol. The van der Waals surface area contributed by atoms with Crippen LogP contribution in [0.4, 0.5) is 4.79 Å². The van der Waals surface area contributed by atoms with Crippen LogP contribution in [0, 0.1) is 0 Å². The number of ether oxygens (including phenoxy) is 2. The van der Waals surface area contributed by atoms with Gasteiger partial charge in [0.1, 0.15) is 11.5 Å². The van der Waals surface area contributed by atoms with E-state index in [0.29, 0.717) is 12.4 Å². The Morgan fingerprint density at radius 2 is 1.80 bits per heavy atom. The van der Waals surface area contributed by atoms with Crippen LogP contribution >= 0.6 is 12.4 Å². The fourth-order valence-corrected chi connectivity index (χ4v) is 2.30. The number of benzene rings is 2. The van der Waals surface area contributed by atoms with Gasteiger partial charge in [-0.05, 0) is 43.3 Å². The summed E-state index contributed by atoms with van der Waals surface area (Å²) in [5.74, 6) is 1.45. The van der Waals surface area contributed by atoms with Gasteiger partial charge in [0.2, 0.25) is 0 Å². The molecule has 0 aliphatic rings. The Balaban J connectivity index is 0.00000312. The Bertz CT molecular complexity index is 638. The van der Waals surface area contributed by atoms with Gasteiger partial charge >= 0.3 is 6.09 Å². The lowest BCUT2D eigenvalue weighted by atomic mass is 10.2. The van der Waals surface area contributed by atoms with Gasteiger partial charge in [-0.2, -0.15) is 0 Å². The van der Waals surface area contributed by atoms with Gasteiger partial charge in [-0.1, -0.05) is 30.3 Å². The van der Waals surface area contributed by atoms with E-state index in [-0.39, 0.29) is 12.4 Å². The number of para-hydroxylation sites is 1. The summed E-state index contributed by atoms with van der Waals surface area (Å²) in [6.07, 6.45) is 0.485. The molecule has 25 heavy (non-hydrogen) atoms. The number of rotatable bonds is 8. The lowest BCUT2D eigenvalue weighted by Crippen LogP contribution is -2.22. The van der Waals surface area contributed by atoms with E-state index in [1.165, 1.54) is 7.05 Å². The van der Waals surface area contributed by atoms with E-state index in [2.05, 4.69) is 17.3 Å². The number of halogens is 1. The van der Waals surface area contributed by atoms with Crippen LogP contribution in [-0.2, 0) is 6.54 Å². The molecule has 0 saturated heterocycles. The SMILES string of the molecule is CNC(=O)Oc1cccc(CN(C)CCCOc2ccccc2)c1.Cl. The van der Waals surface area contributed by atoms with Crippen LogP contribution in [0.2, 0.25) is 0 Å². The first-order valence-electron chi connectivity index (χ1n) is 8.02. The molecular weight excluding hydrogens is 340 g/mol. The zero-order valence-electron chi connectivity index (χ0n) is 14.6. The second kappa shape index (κ2) is 11.3. The molecule has 0 radical (unpaired) electrons. The number of hydrogen-bond acceptors (Lipinski definition) is 4. The van der Waals surface area contributed by atoms with Gasteiger partial charge in [-0.25, -0.2) is 4.79 Å². The molecule has 2 aromatic rings. The summed E-state index contributed by atoms with van der Waals surface area (Å²) in [4.78, 5) is 13.5. The Labute approximate surface area is 155 Å². The maximum Gasteiger partial charge on any atom is 0.412 e. The smallest absolute Gasteiger partial charge is 0.412 e. The Kier molecular flexibility index (Phi) is 9.43. The second-order valence-electron chi connectivity index (χ2n) is 5.54. The van der Waals surface area contributed by atoms with E-state index in [9.17, 15) is 4.79 Å². The van der Waals surface area contributed by atoms with E-state index in [4.69, 9.17) is 9.47 Å². The fourth-order valence-electron chi connectivity index (χ4n) is 2.30. The average Bonchev–Trinajstić information content (AvgIpc) is 2.60. The molecule has 2 aromatic carbocycles. The van der Waals surface area contributed by atoms with E-state index < -0.39 is 6.09 Å². The second-order valence-corrected chi connectivity index (χ2v) is 5.54. The molecule has 0 aliphatic heterocycles. The summed E-state index contributed by atoms with van der Waals surface area (Å²) in [6.45, 7) is 2.40. The Hall–Kier alpha value is -2.24. The summed E-state index contributed by atoms with van der Waals surface area (Å²) < 4.78 is 10.8. The lowest BCUT2D eigenvalue weighted by Gasteiger charge is -2.17. The van der Waals surface area contributed by atoms with Gasteiger partial charge < -0.3 is 19.7 Å². The van der Waals surface area contributed by atoms with E-state index in [1.807, 2.05) is 48.5 Å². The molecule has 0 aliphatic carbocycles. The number of carbonyl (C=O) groups is 1. The van der Waals surface area contributed by atoms with Crippen molar-refractivity contribution in [2.75, 3.05) is 27.2 Å². The van der Waals surface area contributed by atoms with Crippen molar-refractivity contribution in [3.8, 4) is 11.5 Å². The van der Waals surface area contributed by atoms with Crippen LogP contribution in [0.15, 0.2) is 54.6 Å². The van der Waals surface area contributed by atoms with E-state index >= 15 is 0 Å². The Morgan fingerprint density at radius 3 is 2.52 bits per heavy atom. The van der Waals surface area contributed by atoms with Gasteiger partial charge in [0, 0.05) is 20.1 Å². The maximum atomic E-state index is 11.2. The molecule has 0 heterocycles. The van der Waals surface area contributed by atoms with Crippen LogP contribution < -0.4 is 14.8 Å². The molecule has 136 valence electrons. The van der Waals surface area contributed by atoms with E-state index in [0.717, 1.165) is 30.8 Å². The third-order valence-corrected chi connectivity index (χ3v) is 3.46. The third kappa shape index (κ3) is 7.92. The Morgan fingerprint density at radius 1 is 1.08 bits per heavy atom. The molecule has 0 bridgehead atoms. The van der Waals surface area contributed by atoms with Crippen molar-refractivity contribution < 1.29 is 14.3 Å². The molecule has 1 N–H and O–H groups in total. The highest BCUT2D eigenvalue weighted by molar-refractivity contribution is 5.85. The number of hydrogen-bond donors (Lipinski definition) is 1. The highest BCUT2D eigenvalue weighted by Gasteiger charge is 2.05. The van der Waals surface area contributed by atoms with Crippen LogP contribution in [0.3, 0.4) is 0 Å². The number of amides is 1. The van der Waals surface area contributed by atoms with Gasteiger partial charge in [-0.15, -0.1) is 12.4 Å². The monoisotopic (exact) mass is 364 g/mol. The van der Waals surface area contributed by atoms with Crippen molar-refractivity contribution in [3.05, 3.63) is 60.2 Å². The van der Waals surface area contributed by atoms with Crippen molar-refractivity contribution in [3.63, 3.8) is 0 Å². The summed E-state index contributed by atoms with van der Waals surface area (Å²) in [5.41, 5.74) is 1.10. The maximum absolute atomic E-state index is 11.2. The fraction of sp³-hybridized carbons (Fsp3) is 0.316. The molecule has 0 unspecified atom stereocenters. The molecule has 6 heteroatoms. The minimum atomic E-state index is -0.460. The van der Waals surface area contributed by atoms with Gasteiger partial charge in [0.25, 0.3) is 0 Å². The normalized spacial score (nSPS) is 10.0. The summed E-state index contributed by atoms with van der Waals surface area (Å²) in [7, 11) is 3.60. The van der Waals surface area contributed by atoms with Gasteiger partial charge in [0.15, 0.2) is 0 Å². The first-order chi connectivity index (χ1) is 11.7. The first kappa shape index (κ1) is 20.8. The summed E-state index contributed by atoms with van der Waals surface area (Å²) >= 11 is 0. The molecule has 0 fully saturated rings. The molecule has 0 saturated carbocycles. The van der Waals surface area contributed by atoms with Crippen LogP contribution in [-0.4, -0.2) is 38.2 Å². The third-order valence-electron chi connectivity index (χ3n) is 3.46. The summed E-state index contributed by atoms with van der Waals surface area (Å²) in [6, 6.07) is 17.4. The first-order valence-corrected chi connectivity index (χ1v) is 8.02. The molecule has 2 rings (SSSR count). The van der Waals surface area contributed by atoms with Crippen molar-refractivity contribution in [1.29, 1.82) is 0 Å². The molecule has 0 atom stereocenters. The number of carbonyl (C=O) groups excluding carboxylic acids is 1. The topological polar surface area (TPSA) is 50.8 Å². The predicted octanol–water partition coefficient (Wildman–Crippen LogP) is 3.73. The predicted molar refractivity (Wildman–Crippen MR) is 102 cm³/mol. The van der Waals surface area contributed by atoms with Crippen molar-refractivity contribution in [2.45, 2.75) is 13.0 Å². The lowest BCUT2D eigenvalue weighted by molar-refractivity contribution is 0.203. The molecule has 5 nitrogen and oxygen atoms in total. The van der Waals surface area contributed by atoms with Crippen LogP contribution in [0.25, 0.3) is 0 Å². The van der Waals surface area contributed by atoms with Crippen molar-refractivity contribution in [1.82, 2.24) is 10.2 Å². The molecular formula is C19H25ClN2O3. The van der Waals surface area contributed by atoms with Crippen molar-refractivity contribution >= 4 is 18.5 Å². The van der Waals surface area contributed by atoms with Crippen molar-refractivity contribution in [2.24, 2.45) is 0 Å². The van der Waals surface area contributed by atoms with E-state index in [1.54, 1.807) is 6.07 Å².